The maximum Gasteiger partial charge on any atom is 0.0552 e. The quantitative estimate of drug-likeness (QED) is 0.393. The molecule has 0 spiro atoms. The number of rotatable bonds is 14. The van der Waals surface area contributed by atoms with Crippen molar-refractivity contribution in [3.63, 3.8) is 0 Å². The van der Waals surface area contributed by atoms with E-state index >= 15 is 0 Å². The lowest BCUT2D eigenvalue weighted by Crippen LogP contribution is -1.92. The Bertz CT molecular complexity index is 114. The lowest BCUT2D eigenvalue weighted by Gasteiger charge is -2.02. The summed E-state index contributed by atoms with van der Waals surface area (Å²) >= 11 is 2.03. The Labute approximate surface area is 113 Å². The highest BCUT2D eigenvalue weighted by atomic mass is 32.2. The molecule has 17 heavy (non-hydrogen) atoms. The van der Waals surface area contributed by atoms with Gasteiger partial charge in [0.25, 0.3) is 0 Å². The lowest BCUT2D eigenvalue weighted by molar-refractivity contribution is 0.218. The molecule has 0 aromatic rings. The van der Waals surface area contributed by atoms with Crippen LogP contribution in [0.4, 0.5) is 0 Å². The summed E-state index contributed by atoms with van der Waals surface area (Å²) in [6.07, 6.45) is 14.3. The van der Waals surface area contributed by atoms with Crippen LogP contribution in [0.3, 0.4) is 0 Å². The molecule has 0 aliphatic rings. The summed E-state index contributed by atoms with van der Waals surface area (Å²) in [5, 5.41) is 0. The zero-order chi connectivity index (χ0) is 12.6. The number of unbranched alkanes of at least 4 members (excludes halogenated alkanes) is 9. The van der Waals surface area contributed by atoms with Gasteiger partial charge in [-0.2, -0.15) is 11.8 Å². The number of hydrogen-bond donors (Lipinski definition) is 0. The Balaban J connectivity index is 2.85. The molecule has 1 nitrogen and oxygen atoms in total. The molecule has 0 saturated carbocycles. The fourth-order valence-electron chi connectivity index (χ4n) is 1.94. The van der Waals surface area contributed by atoms with Crippen molar-refractivity contribution in [2.75, 3.05) is 25.2 Å². The highest BCUT2D eigenvalue weighted by Gasteiger charge is 1.93. The van der Waals surface area contributed by atoms with E-state index in [0.717, 1.165) is 12.4 Å². The van der Waals surface area contributed by atoms with E-state index < -0.39 is 0 Å². The van der Waals surface area contributed by atoms with Crippen molar-refractivity contribution >= 4 is 11.8 Å². The van der Waals surface area contributed by atoms with Gasteiger partial charge in [0.15, 0.2) is 0 Å². The molecule has 0 aliphatic heterocycles. The Morgan fingerprint density at radius 2 is 1.24 bits per heavy atom. The average Bonchev–Trinajstić information content (AvgIpc) is 2.35. The zero-order valence-corrected chi connectivity index (χ0v) is 12.8. The van der Waals surface area contributed by atoms with Gasteiger partial charge in [-0.3, -0.25) is 0 Å². The first kappa shape index (κ1) is 17.3. The van der Waals surface area contributed by atoms with Crippen LogP contribution in [0.15, 0.2) is 0 Å². The second-order valence-electron chi connectivity index (χ2n) is 4.79. The standard InChI is InChI=1S/C15H32OS/c1-3-4-5-6-7-8-9-10-11-12-14-17-15-13-16-2/h3-15H2,1-2H3. The van der Waals surface area contributed by atoms with Gasteiger partial charge in [-0.05, 0) is 12.2 Å². The molecular formula is C15H32OS. The van der Waals surface area contributed by atoms with Gasteiger partial charge in [0.1, 0.15) is 0 Å². The van der Waals surface area contributed by atoms with Gasteiger partial charge in [0.2, 0.25) is 0 Å². The zero-order valence-electron chi connectivity index (χ0n) is 12.0. The summed E-state index contributed by atoms with van der Waals surface area (Å²) in [6, 6.07) is 0. The Morgan fingerprint density at radius 1 is 0.706 bits per heavy atom. The van der Waals surface area contributed by atoms with Crippen LogP contribution in [0.25, 0.3) is 0 Å². The van der Waals surface area contributed by atoms with Crippen molar-refractivity contribution in [2.24, 2.45) is 0 Å². The van der Waals surface area contributed by atoms with Crippen LogP contribution >= 0.6 is 11.8 Å². The normalized spacial score (nSPS) is 10.9. The minimum Gasteiger partial charge on any atom is -0.384 e. The number of methoxy groups -OCH3 is 1. The molecule has 0 unspecified atom stereocenters. The molecule has 0 rings (SSSR count). The van der Waals surface area contributed by atoms with E-state index in [9.17, 15) is 0 Å². The molecule has 0 aliphatic carbocycles. The van der Waals surface area contributed by atoms with E-state index in [4.69, 9.17) is 4.74 Å². The smallest absolute Gasteiger partial charge is 0.0552 e. The third-order valence-corrected chi connectivity index (χ3v) is 4.11. The first-order chi connectivity index (χ1) is 8.41. The molecule has 0 atom stereocenters. The number of hydrogen-bond acceptors (Lipinski definition) is 2. The summed E-state index contributed by atoms with van der Waals surface area (Å²) in [4.78, 5) is 0. The van der Waals surface area contributed by atoms with Gasteiger partial charge in [0, 0.05) is 12.9 Å². The van der Waals surface area contributed by atoms with E-state index in [0.29, 0.717) is 0 Å². The molecule has 0 radical (unpaired) electrons. The molecule has 0 bridgehead atoms. The Morgan fingerprint density at radius 3 is 1.76 bits per heavy atom. The molecule has 0 aromatic carbocycles. The van der Waals surface area contributed by atoms with Gasteiger partial charge in [-0.25, -0.2) is 0 Å². The third-order valence-electron chi connectivity index (χ3n) is 3.07. The van der Waals surface area contributed by atoms with Crippen LogP contribution in [0.5, 0.6) is 0 Å². The minimum atomic E-state index is 0.905. The first-order valence-electron chi connectivity index (χ1n) is 7.48. The maximum absolute atomic E-state index is 5.02. The fraction of sp³-hybridized carbons (Fsp3) is 1.00. The highest BCUT2D eigenvalue weighted by molar-refractivity contribution is 7.99. The monoisotopic (exact) mass is 260 g/mol. The van der Waals surface area contributed by atoms with Crippen molar-refractivity contribution < 1.29 is 4.74 Å². The minimum absolute atomic E-state index is 0.905. The predicted octanol–water partition coefficient (Wildman–Crippen LogP) is 5.29. The Hall–Kier alpha value is 0.310. The second kappa shape index (κ2) is 16.3. The second-order valence-corrected chi connectivity index (χ2v) is 6.01. The van der Waals surface area contributed by atoms with Gasteiger partial charge >= 0.3 is 0 Å². The largest absolute Gasteiger partial charge is 0.384 e. The van der Waals surface area contributed by atoms with Crippen molar-refractivity contribution in [3.05, 3.63) is 0 Å². The lowest BCUT2D eigenvalue weighted by atomic mass is 10.1. The average molecular weight is 260 g/mol. The van der Waals surface area contributed by atoms with Crippen molar-refractivity contribution in [3.8, 4) is 0 Å². The molecule has 0 heterocycles. The molecule has 0 aromatic heterocycles. The topological polar surface area (TPSA) is 9.23 Å². The van der Waals surface area contributed by atoms with E-state index in [1.165, 1.54) is 70.0 Å². The highest BCUT2D eigenvalue weighted by Crippen LogP contribution is 2.12. The fourth-order valence-corrected chi connectivity index (χ4v) is 2.83. The van der Waals surface area contributed by atoms with Gasteiger partial charge in [0.05, 0.1) is 6.61 Å². The van der Waals surface area contributed by atoms with E-state index in [1.807, 2.05) is 11.8 Å². The van der Waals surface area contributed by atoms with Gasteiger partial charge < -0.3 is 4.74 Å². The van der Waals surface area contributed by atoms with Crippen LogP contribution in [0, 0.1) is 0 Å². The molecular weight excluding hydrogens is 228 g/mol. The van der Waals surface area contributed by atoms with E-state index in [1.54, 1.807) is 7.11 Å². The van der Waals surface area contributed by atoms with Crippen LogP contribution in [-0.2, 0) is 4.74 Å². The summed E-state index contributed by atoms with van der Waals surface area (Å²) in [5.41, 5.74) is 0. The van der Waals surface area contributed by atoms with Crippen LogP contribution < -0.4 is 0 Å². The first-order valence-corrected chi connectivity index (χ1v) is 8.64. The number of thioether (sulfide) groups is 1. The predicted molar refractivity (Wildman–Crippen MR) is 81.0 cm³/mol. The van der Waals surface area contributed by atoms with Crippen LogP contribution in [0.1, 0.15) is 71.1 Å². The molecule has 0 amide bonds. The number of ether oxygens (including phenoxy) is 1. The summed E-state index contributed by atoms with van der Waals surface area (Å²) in [7, 11) is 1.78. The van der Waals surface area contributed by atoms with Gasteiger partial charge in [-0.1, -0.05) is 64.7 Å². The molecule has 104 valence electrons. The van der Waals surface area contributed by atoms with Crippen molar-refractivity contribution in [1.29, 1.82) is 0 Å². The van der Waals surface area contributed by atoms with E-state index in [-0.39, 0.29) is 0 Å². The van der Waals surface area contributed by atoms with Crippen LogP contribution in [0.2, 0.25) is 0 Å². The molecule has 0 fully saturated rings. The third kappa shape index (κ3) is 16.3. The molecule has 0 saturated heterocycles. The molecule has 0 N–H and O–H groups in total. The summed E-state index contributed by atoms with van der Waals surface area (Å²) in [5.74, 6) is 2.48. The molecule has 2 heteroatoms. The SMILES string of the molecule is CCCCCCCCCCCCSCCOC. The Kier molecular flexibility index (Phi) is 16.6. The van der Waals surface area contributed by atoms with Crippen LogP contribution in [-0.4, -0.2) is 25.2 Å². The van der Waals surface area contributed by atoms with E-state index in [2.05, 4.69) is 6.92 Å². The maximum atomic E-state index is 5.02. The van der Waals surface area contributed by atoms with Gasteiger partial charge in [-0.15, -0.1) is 0 Å². The summed E-state index contributed by atoms with van der Waals surface area (Å²) in [6.45, 7) is 3.19. The van der Waals surface area contributed by atoms with Crippen molar-refractivity contribution in [2.45, 2.75) is 71.1 Å². The summed E-state index contributed by atoms with van der Waals surface area (Å²) < 4.78 is 5.02. The van der Waals surface area contributed by atoms with Crippen molar-refractivity contribution in [1.82, 2.24) is 0 Å².